The molecule has 0 amide bonds. The molecule has 2 aliphatic rings. The van der Waals surface area contributed by atoms with Crippen molar-refractivity contribution in [2.24, 2.45) is 0 Å². The smallest absolute Gasteiger partial charge is 0.388 e. The fraction of sp³-hybridized carbons (Fsp3) is 1.00. The molecule has 9 atom stereocenters. The van der Waals surface area contributed by atoms with Crippen molar-refractivity contribution in [1.29, 1.82) is 0 Å². The normalized spacial score (nSPS) is 42.2. The van der Waals surface area contributed by atoms with Crippen LogP contribution in [0.2, 0.25) is 0 Å². The van der Waals surface area contributed by atoms with Gasteiger partial charge in [-0.05, 0) is 20.8 Å². The topological polar surface area (TPSA) is 202 Å². The Bertz CT molecular complexity index is 642. The Morgan fingerprint density at radius 1 is 0.893 bits per heavy atom. The van der Waals surface area contributed by atoms with Crippen LogP contribution in [-0.2, 0) is 32.0 Å². The Kier molecular flexibility index (Phi) is 7.49. The van der Waals surface area contributed by atoms with Crippen LogP contribution in [0.1, 0.15) is 20.8 Å². The van der Waals surface area contributed by atoms with Crippen LogP contribution in [0.25, 0.3) is 0 Å². The number of ether oxygens (including phenoxy) is 2. The Labute approximate surface area is 161 Å². The SMILES string of the molecule is CC1O[C@H](COP(=O)(O)OP(=O)(O)OC[C@H]2OC(C)(C)[C@H](O)[C@@H]2O)[C@@H](O)[C@H]1O. The van der Waals surface area contributed by atoms with Crippen molar-refractivity contribution in [2.75, 3.05) is 13.2 Å². The zero-order valence-electron chi connectivity index (χ0n) is 15.4. The van der Waals surface area contributed by atoms with E-state index in [1.807, 2.05) is 0 Å². The number of aliphatic hydroxyl groups is 4. The predicted octanol–water partition coefficient (Wildman–Crippen LogP) is -1.35. The third-order valence-corrected chi connectivity index (χ3v) is 7.08. The third-order valence-electron chi connectivity index (χ3n) is 4.48. The molecule has 3 unspecified atom stereocenters. The van der Waals surface area contributed by atoms with Crippen LogP contribution in [-0.4, -0.2) is 91.8 Å². The van der Waals surface area contributed by atoms with E-state index in [0.29, 0.717) is 0 Å². The average Bonchev–Trinajstić information content (AvgIpc) is 2.92. The molecule has 0 spiro atoms. The highest BCUT2D eigenvalue weighted by atomic mass is 31.3. The summed E-state index contributed by atoms with van der Waals surface area (Å²) in [5, 5.41) is 38.9. The lowest BCUT2D eigenvalue weighted by molar-refractivity contribution is -0.0683. The highest BCUT2D eigenvalue weighted by Crippen LogP contribution is 2.60. The van der Waals surface area contributed by atoms with Crippen molar-refractivity contribution >= 4 is 15.6 Å². The van der Waals surface area contributed by atoms with Gasteiger partial charge >= 0.3 is 15.6 Å². The quantitative estimate of drug-likeness (QED) is 0.236. The third kappa shape index (κ3) is 5.79. The van der Waals surface area contributed by atoms with E-state index in [4.69, 9.17) is 9.47 Å². The number of aliphatic hydroxyl groups excluding tert-OH is 4. The second kappa shape index (κ2) is 8.64. The van der Waals surface area contributed by atoms with Gasteiger partial charge in [0, 0.05) is 0 Å². The largest absolute Gasteiger partial charge is 0.481 e. The van der Waals surface area contributed by atoms with Crippen molar-refractivity contribution in [3.63, 3.8) is 0 Å². The van der Waals surface area contributed by atoms with Gasteiger partial charge in [-0.15, -0.1) is 0 Å². The van der Waals surface area contributed by atoms with E-state index in [2.05, 4.69) is 13.4 Å². The molecule has 0 radical (unpaired) electrons. The highest BCUT2D eigenvalue weighted by Gasteiger charge is 2.49. The first-order chi connectivity index (χ1) is 12.7. The summed E-state index contributed by atoms with van der Waals surface area (Å²) in [5.74, 6) is 0. The van der Waals surface area contributed by atoms with Crippen molar-refractivity contribution in [1.82, 2.24) is 0 Å². The van der Waals surface area contributed by atoms with Gasteiger partial charge in [-0.25, -0.2) is 9.13 Å². The lowest BCUT2D eigenvalue weighted by Gasteiger charge is -2.22. The first kappa shape index (κ1) is 24.3. The zero-order chi connectivity index (χ0) is 21.5. The maximum Gasteiger partial charge on any atom is 0.481 e. The molecule has 0 aromatic carbocycles. The summed E-state index contributed by atoms with van der Waals surface area (Å²) in [6.45, 7) is 3.02. The van der Waals surface area contributed by atoms with Gasteiger partial charge in [0.25, 0.3) is 0 Å². The first-order valence-electron chi connectivity index (χ1n) is 8.37. The van der Waals surface area contributed by atoms with Gasteiger partial charge in [0.1, 0.15) is 36.6 Å². The number of hydrogen-bond donors (Lipinski definition) is 6. The molecular formula is C13H26O13P2. The summed E-state index contributed by atoms with van der Waals surface area (Å²) in [6, 6.07) is 0. The summed E-state index contributed by atoms with van der Waals surface area (Å²) >= 11 is 0. The summed E-state index contributed by atoms with van der Waals surface area (Å²) < 4.78 is 47.3. The maximum absolute atomic E-state index is 11.9. The lowest BCUT2D eigenvalue weighted by Crippen LogP contribution is -2.38. The molecular weight excluding hydrogens is 426 g/mol. The van der Waals surface area contributed by atoms with E-state index in [9.17, 15) is 39.3 Å². The standard InChI is InChI=1S/C13H26O13P2/c1-6-9(14)10(15)7(24-6)4-22-27(18,19)26-28(20,21)23-5-8-11(16)12(17)13(2,3)25-8/h6-12,14-17H,4-5H2,1-3H3,(H,18,19)(H,20,21)/t6?,7-,8-,9+,10-,11-,12-/m1/s1. The molecule has 13 nitrogen and oxygen atoms in total. The summed E-state index contributed by atoms with van der Waals surface area (Å²) in [6.07, 6.45) is -8.38. The fourth-order valence-electron chi connectivity index (χ4n) is 2.86. The Morgan fingerprint density at radius 2 is 1.39 bits per heavy atom. The molecule has 6 N–H and O–H groups in total. The van der Waals surface area contributed by atoms with E-state index in [0.717, 1.165) is 0 Å². The van der Waals surface area contributed by atoms with Crippen LogP contribution >= 0.6 is 15.6 Å². The van der Waals surface area contributed by atoms with Gasteiger partial charge in [-0.2, -0.15) is 4.31 Å². The van der Waals surface area contributed by atoms with Gasteiger partial charge in [0.15, 0.2) is 0 Å². The first-order valence-corrected chi connectivity index (χ1v) is 11.4. The molecule has 2 aliphatic heterocycles. The summed E-state index contributed by atoms with van der Waals surface area (Å²) in [4.78, 5) is 19.2. The van der Waals surface area contributed by atoms with Gasteiger partial charge in [0.2, 0.25) is 0 Å². The molecule has 166 valence electrons. The van der Waals surface area contributed by atoms with Crippen LogP contribution in [0.4, 0.5) is 0 Å². The van der Waals surface area contributed by atoms with E-state index < -0.39 is 77.2 Å². The van der Waals surface area contributed by atoms with E-state index in [-0.39, 0.29) is 0 Å². The lowest BCUT2D eigenvalue weighted by atomic mass is 9.99. The average molecular weight is 452 g/mol. The molecule has 0 aliphatic carbocycles. The second-order valence-corrected chi connectivity index (χ2v) is 10.2. The monoisotopic (exact) mass is 452 g/mol. The van der Waals surface area contributed by atoms with E-state index in [1.54, 1.807) is 0 Å². The van der Waals surface area contributed by atoms with Gasteiger partial charge in [0.05, 0.1) is 24.9 Å². The fourth-order valence-corrected chi connectivity index (χ4v) is 4.95. The molecule has 2 saturated heterocycles. The molecule has 0 saturated carbocycles. The van der Waals surface area contributed by atoms with E-state index in [1.165, 1.54) is 20.8 Å². The second-order valence-electron chi connectivity index (χ2n) is 7.17. The van der Waals surface area contributed by atoms with Gasteiger partial charge in [-0.1, -0.05) is 0 Å². The van der Waals surface area contributed by atoms with Crippen molar-refractivity contribution in [2.45, 2.75) is 69.1 Å². The maximum atomic E-state index is 11.9. The number of phosphoric acid groups is 2. The molecule has 0 aromatic rings. The number of rotatable bonds is 8. The minimum atomic E-state index is -5.12. The molecule has 2 fully saturated rings. The Balaban J connectivity index is 1.85. The number of phosphoric ester groups is 2. The van der Waals surface area contributed by atoms with Crippen LogP contribution < -0.4 is 0 Å². The van der Waals surface area contributed by atoms with Crippen molar-refractivity contribution in [3.05, 3.63) is 0 Å². The van der Waals surface area contributed by atoms with Crippen molar-refractivity contribution in [3.8, 4) is 0 Å². The van der Waals surface area contributed by atoms with Crippen LogP contribution in [0.5, 0.6) is 0 Å². The minimum Gasteiger partial charge on any atom is -0.388 e. The Morgan fingerprint density at radius 3 is 1.79 bits per heavy atom. The van der Waals surface area contributed by atoms with Crippen LogP contribution in [0.15, 0.2) is 0 Å². The molecule has 28 heavy (non-hydrogen) atoms. The highest BCUT2D eigenvalue weighted by molar-refractivity contribution is 7.61. The molecule has 2 rings (SSSR count). The summed E-state index contributed by atoms with van der Waals surface area (Å²) in [7, 11) is -10.2. The van der Waals surface area contributed by atoms with Gasteiger partial charge in [-0.3, -0.25) is 9.05 Å². The molecule has 2 heterocycles. The zero-order valence-corrected chi connectivity index (χ0v) is 17.2. The molecule has 0 bridgehead atoms. The van der Waals surface area contributed by atoms with Crippen molar-refractivity contribution < 1.29 is 62.2 Å². The summed E-state index contributed by atoms with van der Waals surface area (Å²) in [5.41, 5.74) is -1.13. The van der Waals surface area contributed by atoms with Gasteiger partial charge < -0.3 is 39.7 Å². The molecule has 15 heteroatoms. The molecule has 0 aromatic heterocycles. The van der Waals surface area contributed by atoms with Crippen LogP contribution in [0, 0.1) is 0 Å². The van der Waals surface area contributed by atoms with Crippen LogP contribution in [0.3, 0.4) is 0 Å². The van der Waals surface area contributed by atoms with E-state index >= 15 is 0 Å². The Hall–Kier alpha value is 0.0200. The minimum absolute atomic E-state index is 0.707. The number of hydrogen-bond acceptors (Lipinski definition) is 11. The predicted molar refractivity (Wildman–Crippen MR) is 90.0 cm³/mol.